The van der Waals surface area contributed by atoms with Gasteiger partial charge in [0.25, 0.3) is 5.56 Å². The van der Waals surface area contributed by atoms with E-state index in [0.717, 1.165) is 11.1 Å². The molecule has 2 heterocycles. The Bertz CT molecular complexity index is 516. The highest BCUT2D eigenvalue weighted by Crippen LogP contribution is 2.09. The summed E-state index contributed by atoms with van der Waals surface area (Å²) in [4.78, 5) is 19.4. The smallest absolute Gasteiger partial charge is 0.251 e. The molecule has 0 aliphatic heterocycles. The predicted octanol–water partition coefficient (Wildman–Crippen LogP) is 0.637. The van der Waals surface area contributed by atoms with E-state index < -0.39 is 0 Å². The number of rotatable bonds is 0. The van der Waals surface area contributed by atoms with E-state index in [2.05, 4.69) is 9.97 Å². The van der Waals surface area contributed by atoms with Crippen LogP contribution >= 0.6 is 0 Å². The fourth-order valence-corrected chi connectivity index (χ4v) is 1.30. The maximum absolute atomic E-state index is 11.2. The first-order valence-electron chi connectivity index (χ1n) is 3.97. The zero-order valence-corrected chi connectivity index (χ0v) is 7.48. The Kier molecular flexibility index (Phi) is 1.62. The maximum atomic E-state index is 11.2. The van der Waals surface area contributed by atoms with Crippen molar-refractivity contribution < 1.29 is 0 Å². The second-order valence-electron chi connectivity index (χ2n) is 2.93. The Labute approximate surface area is 74.9 Å². The van der Waals surface area contributed by atoms with Gasteiger partial charge in [-0.2, -0.15) is 0 Å². The van der Waals surface area contributed by atoms with Crippen molar-refractivity contribution in [1.29, 1.82) is 0 Å². The monoisotopic (exact) mass is 175 g/mol. The molecule has 2 aromatic rings. The molecule has 0 radical (unpaired) electrons. The van der Waals surface area contributed by atoms with Crippen molar-refractivity contribution >= 4 is 11.0 Å². The standard InChI is InChI=1S/C9H9N3O/c1-6-7-3-4-8(13)12(2)9(7)11-5-10-6/h3-5H,1-2H3. The van der Waals surface area contributed by atoms with Crippen molar-refractivity contribution in [2.24, 2.45) is 7.05 Å². The Morgan fingerprint density at radius 3 is 2.85 bits per heavy atom. The Morgan fingerprint density at radius 2 is 2.08 bits per heavy atom. The molecule has 0 fully saturated rings. The highest BCUT2D eigenvalue weighted by atomic mass is 16.1. The van der Waals surface area contributed by atoms with Crippen molar-refractivity contribution in [3.8, 4) is 0 Å². The lowest BCUT2D eigenvalue weighted by Gasteiger charge is -2.03. The normalized spacial score (nSPS) is 10.6. The quantitative estimate of drug-likeness (QED) is 0.590. The van der Waals surface area contributed by atoms with E-state index in [-0.39, 0.29) is 5.56 Å². The zero-order valence-electron chi connectivity index (χ0n) is 7.48. The second kappa shape index (κ2) is 2.65. The fourth-order valence-electron chi connectivity index (χ4n) is 1.30. The molecule has 0 N–H and O–H groups in total. The van der Waals surface area contributed by atoms with Crippen LogP contribution in [0.5, 0.6) is 0 Å². The van der Waals surface area contributed by atoms with Gasteiger partial charge in [0.05, 0.1) is 5.69 Å². The fraction of sp³-hybridized carbons (Fsp3) is 0.222. The lowest BCUT2D eigenvalue weighted by Crippen LogP contribution is -2.16. The molecular weight excluding hydrogens is 166 g/mol. The summed E-state index contributed by atoms with van der Waals surface area (Å²) >= 11 is 0. The van der Waals surface area contributed by atoms with Gasteiger partial charge in [0.15, 0.2) is 0 Å². The van der Waals surface area contributed by atoms with Gasteiger partial charge in [-0.3, -0.25) is 9.36 Å². The summed E-state index contributed by atoms with van der Waals surface area (Å²) in [6, 6.07) is 3.28. The molecule has 2 rings (SSSR count). The van der Waals surface area contributed by atoms with Crippen molar-refractivity contribution in [2.45, 2.75) is 6.92 Å². The van der Waals surface area contributed by atoms with Crippen molar-refractivity contribution in [2.75, 3.05) is 0 Å². The Balaban J connectivity index is 3.03. The molecule has 4 nitrogen and oxygen atoms in total. The van der Waals surface area contributed by atoms with Gasteiger partial charge in [-0.25, -0.2) is 9.97 Å². The molecule has 0 unspecified atom stereocenters. The van der Waals surface area contributed by atoms with Crippen LogP contribution in [0.3, 0.4) is 0 Å². The molecule has 0 saturated carbocycles. The summed E-state index contributed by atoms with van der Waals surface area (Å²) < 4.78 is 1.52. The van der Waals surface area contributed by atoms with Crippen LogP contribution in [-0.2, 0) is 7.05 Å². The topological polar surface area (TPSA) is 47.8 Å². The van der Waals surface area contributed by atoms with Crippen LogP contribution in [0.1, 0.15) is 5.69 Å². The first-order valence-corrected chi connectivity index (χ1v) is 3.97. The van der Waals surface area contributed by atoms with Crippen molar-refractivity contribution in [3.63, 3.8) is 0 Å². The summed E-state index contributed by atoms with van der Waals surface area (Å²) in [7, 11) is 1.71. The van der Waals surface area contributed by atoms with Crippen LogP contribution in [0.2, 0.25) is 0 Å². The average molecular weight is 175 g/mol. The van der Waals surface area contributed by atoms with Crippen LogP contribution in [0.25, 0.3) is 11.0 Å². The van der Waals surface area contributed by atoms with E-state index in [0.29, 0.717) is 5.65 Å². The molecule has 0 bridgehead atoms. The summed E-state index contributed by atoms with van der Waals surface area (Å²) in [6.07, 6.45) is 1.47. The number of aromatic nitrogens is 3. The lowest BCUT2D eigenvalue weighted by molar-refractivity contribution is 0.880. The van der Waals surface area contributed by atoms with Crippen LogP contribution in [-0.4, -0.2) is 14.5 Å². The molecule has 2 aromatic heterocycles. The molecular formula is C9H9N3O. The summed E-state index contributed by atoms with van der Waals surface area (Å²) in [5, 5.41) is 0.921. The first-order chi connectivity index (χ1) is 6.20. The molecule has 13 heavy (non-hydrogen) atoms. The van der Waals surface area contributed by atoms with Gasteiger partial charge >= 0.3 is 0 Å². The van der Waals surface area contributed by atoms with E-state index in [1.54, 1.807) is 13.1 Å². The third-order valence-electron chi connectivity index (χ3n) is 2.10. The Morgan fingerprint density at radius 1 is 1.31 bits per heavy atom. The van der Waals surface area contributed by atoms with Crippen molar-refractivity contribution in [3.05, 3.63) is 34.5 Å². The van der Waals surface area contributed by atoms with Gasteiger partial charge in [-0.15, -0.1) is 0 Å². The molecule has 0 spiro atoms. The number of aryl methyl sites for hydroxylation is 2. The minimum atomic E-state index is -0.0504. The number of hydrogen-bond acceptors (Lipinski definition) is 3. The summed E-state index contributed by atoms with van der Waals surface area (Å²) in [5.74, 6) is 0. The second-order valence-corrected chi connectivity index (χ2v) is 2.93. The van der Waals surface area contributed by atoms with Crippen LogP contribution in [0, 0.1) is 6.92 Å². The molecule has 0 aliphatic carbocycles. The van der Waals surface area contributed by atoms with Gasteiger partial charge in [-0.05, 0) is 13.0 Å². The van der Waals surface area contributed by atoms with Gasteiger partial charge in [0.1, 0.15) is 12.0 Å². The molecule has 0 aromatic carbocycles. The van der Waals surface area contributed by atoms with Gasteiger partial charge < -0.3 is 0 Å². The van der Waals surface area contributed by atoms with E-state index >= 15 is 0 Å². The van der Waals surface area contributed by atoms with E-state index in [1.807, 2.05) is 6.92 Å². The third kappa shape index (κ3) is 1.11. The van der Waals surface area contributed by atoms with E-state index in [4.69, 9.17) is 0 Å². The number of fused-ring (bicyclic) bond motifs is 1. The van der Waals surface area contributed by atoms with Gasteiger partial charge in [0.2, 0.25) is 0 Å². The van der Waals surface area contributed by atoms with Gasteiger partial charge in [0, 0.05) is 18.5 Å². The van der Waals surface area contributed by atoms with E-state index in [9.17, 15) is 4.79 Å². The number of pyridine rings is 1. The van der Waals surface area contributed by atoms with Crippen LogP contribution in [0.4, 0.5) is 0 Å². The highest BCUT2D eigenvalue weighted by Gasteiger charge is 2.02. The molecule has 66 valence electrons. The average Bonchev–Trinajstić information content (AvgIpc) is 2.12. The zero-order chi connectivity index (χ0) is 9.42. The predicted molar refractivity (Wildman–Crippen MR) is 49.5 cm³/mol. The highest BCUT2D eigenvalue weighted by molar-refractivity contribution is 5.76. The van der Waals surface area contributed by atoms with Gasteiger partial charge in [-0.1, -0.05) is 0 Å². The molecule has 4 heteroatoms. The van der Waals surface area contributed by atoms with Crippen molar-refractivity contribution in [1.82, 2.24) is 14.5 Å². The Hall–Kier alpha value is -1.71. The third-order valence-corrected chi connectivity index (χ3v) is 2.10. The largest absolute Gasteiger partial charge is 0.296 e. The van der Waals surface area contributed by atoms with Crippen LogP contribution in [0.15, 0.2) is 23.3 Å². The SMILES string of the molecule is Cc1ncnc2c1ccc(=O)n2C. The minimum absolute atomic E-state index is 0.0504. The molecule has 0 saturated heterocycles. The maximum Gasteiger partial charge on any atom is 0.251 e. The first kappa shape index (κ1) is 7.91. The summed E-state index contributed by atoms with van der Waals surface area (Å²) in [6.45, 7) is 1.90. The lowest BCUT2D eigenvalue weighted by atomic mass is 10.2. The molecule has 0 aliphatic rings. The molecule has 0 atom stereocenters. The minimum Gasteiger partial charge on any atom is -0.296 e. The molecule has 0 amide bonds. The van der Waals surface area contributed by atoms with Crippen LogP contribution < -0.4 is 5.56 Å². The summed E-state index contributed by atoms with van der Waals surface area (Å²) in [5.41, 5.74) is 1.52. The van der Waals surface area contributed by atoms with E-state index in [1.165, 1.54) is 17.0 Å². The number of nitrogens with zero attached hydrogens (tertiary/aromatic N) is 3. The number of hydrogen-bond donors (Lipinski definition) is 0.